The van der Waals surface area contributed by atoms with Crippen molar-refractivity contribution in [1.82, 2.24) is 14.7 Å². The Balaban J connectivity index is 1.70. The summed E-state index contributed by atoms with van der Waals surface area (Å²) >= 11 is 3.67. The number of nitrogens with two attached hydrogens (primary N) is 1. The van der Waals surface area contributed by atoms with E-state index < -0.39 is 23.9 Å². The van der Waals surface area contributed by atoms with E-state index in [2.05, 4.69) is 64.2 Å². The molecule has 1 fully saturated rings. The Morgan fingerprint density at radius 2 is 1.51 bits per heavy atom. The summed E-state index contributed by atoms with van der Waals surface area (Å²) in [5.41, 5.74) is 8.22. The number of nitrogens with zero attached hydrogens (tertiary/aromatic N) is 4. The van der Waals surface area contributed by atoms with Gasteiger partial charge in [0.2, 0.25) is 0 Å². The molecule has 2 unspecified atom stereocenters. The van der Waals surface area contributed by atoms with Gasteiger partial charge in [-0.3, -0.25) is 4.90 Å². The third kappa shape index (κ3) is 6.16. The molecule has 1 aromatic heterocycles. The summed E-state index contributed by atoms with van der Waals surface area (Å²) in [6, 6.07) is 36.6. The van der Waals surface area contributed by atoms with Crippen molar-refractivity contribution >= 4 is 44.8 Å². The van der Waals surface area contributed by atoms with E-state index in [1.54, 1.807) is 7.11 Å². The topological polar surface area (TPSA) is 103 Å². The van der Waals surface area contributed by atoms with E-state index in [9.17, 15) is 9.59 Å². The molecule has 0 aliphatic carbocycles. The largest absolute Gasteiger partial charge is 0.425 e. The van der Waals surface area contributed by atoms with Crippen molar-refractivity contribution < 1.29 is 19.1 Å². The molecule has 2 amide bonds. The number of primary amides is 1. The zero-order chi connectivity index (χ0) is 33.0. The van der Waals surface area contributed by atoms with Gasteiger partial charge in [-0.1, -0.05) is 107 Å². The summed E-state index contributed by atoms with van der Waals surface area (Å²) in [5.74, 6) is 0.362. The lowest BCUT2D eigenvalue weighted by Crippen LogP contribution is -2.57. The summed E-state index contributed by atoms with van der Waals surface area (Å²) in [6.45, 7) is 3.27. The van der Waals surface area contributed by atoms with E-state index in [1.165, 1.54) is 4.90 Å². The van der Waals surface area contributed by atoms with Crippen LogP contribution in [-0.4, -0.2) is 59.3 Å². The van der Waals surface area contributed by atoms with E-state index in [4.69, 9.17) is 20.3 Å². The van der Waals surface area contributed by atoms with Crippen LogP contribution in [0.15, 0.2) is 114 Å². The van der Waals surface area contributed by atoms with Crippen molar-refractivity contribution in [1.29, 1.82) is 0 Å². The number of ether oxygens (including phenoxy) is 2. The second-order valence-corrected chi connectivity index (χ2v) is 12.7. The van der Waals surface area contributed by atoms with Crippen LogP contribution in [0.1, 0.15) is 42.9 Å². The fourth-order valence-electron chi connectivity index (χ4n) is 6.96. The average Bonchev–Trinajstić information content (AvgIpc) is 3.45. The molecule has 6 rings (SSSR count). The van der Waals surface area contributed by atoms with Crippen molar-refractivity contribution in [3.8, 4) is 0 Å². The Labute approximate surface area is 283 Å². The van der Waals surface area contributed by atoms with E-state index in [0.29, 0.717) is 24.2 Å². The van der Waals surface area contributed by atoms with Gasteiger partial charge < -0.3 is 15.2 Å². The molecule has 47 heavy (non-hydrogen) atoms. The number of aromatic nitrogens is 2. The van der Waals surface area contributed by atoms with Gasteiger partial charge in [-0.05, 0) is 61.1 Å². The normalized spacial score (nSPS) is 16.1. The van der Waals surface area contributed by atoms with Crippen molar-refractivity contribution in [2.45, 2.75) is 43.9 Å². The first kappa shape index (κ1) is 32.4. The molecule has 5 aromatic rings. The Morgan fingerprint density at radius 1 is 0.936 bits per heavy atom. The lowest BCUT2D eigenvalue weighted by Gasteiger charge is -2.43. The first-order chi connectivity index (χ1) is 22.9. The summed E-state index contributed by atoms with van der Waals surface area (Å²) < 4.78 is 13.5. The highest BCUT2D eigenvalue weighted by molar-refractivity contribution is 9.10. The van der Waals surface area contributed by atoms with Gasteiger partial charge in [0, 0.05) is 29.6 Å². The average molecular weight is 697 g/mol. The monoisotopic (exact) mass is 695 g/mol. The number of carbonyl (C=O) groups excluding carboxylic acids is 2. The molecule has 4 aromatic carbocycles. The quantitative estimate of drug-likeness (QED) is 0.127. The SMILES string of the molecule is COCC(C)N1CCCCC1N(C(=O)OC(N)=O)c1nn(C(c2ccccc2)(c2ccccc2)c2ccccc2)c2ccc(Br)cc12. The third-order valence-electron chi connectivity index (χ3n) is 8.91. The van der Waals surface area contributed by atoms with Crippen LogP contribution in [-0.2, 0) is 15.0 Å². The molecule has 1 saturated heterocycles. The minimum Gasteiger partial charge on any atom is -0.383 e. The van der Waals surface area contributed by atoms with Gasteiger partial charge in [-0.25, -0.2) is 19.2 Å². The van der Waals surface area contributed by atoms with Crippen LogP contribution in [0.4, 0.5) is 15.4 Å². The highest BCUT2D eigenvalue weighted by Crippen LogP contribution is 2.45. The molecule has 0 bridgehead atoms. The number of piperidine rings is 1. The Bertz CT molecular complexity index is 1740. The minimum absolute atomic E-state index is 0.0219. The number of anilines is 1. The highest BCUT2D eigenvalue weighted by Gasteiger charge is 2.44. The lowest BCUT2D eigenvalue weighted by molar-refractivity contribution is 0.0465. The highest BCUT2D eigenvalue weighted by atomic mass is 79.9. The molecule has 0 saturated carbocycles. The van der Waals surface area contributed by atoms with Crippen molar-refractivity contribution in [2.75, 3.05) is 25.2 Å². The number of likely N-dealkylation sites (tertiary alicyclic amines) is 1. The van der Waals surface area contributed by atoms with Gasteiger partial charge in [0.25, 0.3) is 0 Å². The number of benzene rings is 4. The second-order valence-electron chi connectivity index (χ2n) is 11.8. The molecule has 0 radical (unpaired) electrons. The van der Waals surface area contributed by atoms with Gasteiger partial charge in [-0.15, -0.1) is 0 Å². The molecule has 10 heteroatoms. The van der Waals surface area contributed by atoms with Crippen LogP contribution in [0, 0.1) is 0 Å². The molecule has 2 heterocycles. The minimum atomic E-state index is -1.18. The summed E-state index contributed by atoms with van der Waals surface area (Å²) in [6.07, 6.45) is -0.0364. The maximum absolute atomic E-state index is 14.1. The number of fused-ring (bicyclic) bond motifs is 1. The summed E-state index contributed by atoms with van der Waals surface area (Å²) in [5, 5.41) is 6.09. The van der Waals surface area contributed by atoms with Crippen molar-refractivity contribution in [3.05, 3.63) is 130 Å². The standard InChI is InChI=1S/C37H38BrN5O4/c1-26(25-46-2)41-23-13-12-20-33(41)42(36(45)47-35(39)44)34-31-24-30(38)21-22-32(31)43(40-34)37(27-14-6-3-7-15-27,28-16-8-4-9-17-28)29-18-10-5-11-19-29/h3-11,14-19,21-22,24,26,33H,12-13,20,23,25H2,1-2H3,(H2,39,44). The predicted molar refractivity (Wildman–Crippen MR) is 186 cm³/mol. The van der Waals surface area contributed by atoms with Crippen molar-refractivity contribution in [2.24, 2.45) is 5.73 Å². The Morgan fingerprint density at radius 3 is 2.04 bits per heavy atom. The first-order valence-electron chi connectivity index (χ1n) is 15.8. The molecule has 1 aliphatic rings. The fraction of sp³-hybridized carbons (Fsp3) is 0.270. The van der Waals surface area contributed by atoms with Gasteiger partial charge in [0.05, 0.1) is 18.3 Å². The Hall–Kier alpha value is -4.51. The Kier molecular flexibility index (Phi) is 9.72. The zero-order valence-electron chi connectivity index (χ0n) is 26.5. The molecule has 1 aliphatic heterocycles. The van der Waals surface area contributed by atoms with E-state index in [0.717, 1.165) is 46.1 Å². The lowest BCUT2D eigenvalue weighted by atomic mass is 9.77. The third-order valence-corrected chi connectivity index (χ3v) is 9.40. The van der Waals surface area contributed by atoms with Gasteiger partial charge in [0.15, 0.2) is 5.82 Å². The molecule has 242 valence electrons. The maximum Gasteiger partial charge on any atom is 0.425 e. The number of hydrogen-bond acceptors (Lipinski definition) is 6. The first-order valence-corrected chi connectivity index (χ1v) is 16.6. The number of amides is 2. The molecule has 9 nitrogen and oxygen atoms in total. The molecule has 2 atom stereocenters. The fourth-order valence-corrected chi connectivity index (χ4v) is 7.32. The molecule has 0 spiro atoms. The number of rotatable bonds is 9. The van der Waals surface area contributed by atoms with Crippen LogP contribution in [0.2, 0.25) is 0 Å². The number of hydrogen-bond donors (Lipinski definition) is 1. The second kappa shape index (κ2) is 14.1. The van der Waals surface area contributed by atoms with Crippen LogP contribution >= 0.6 is 15.9 Å². The van der Waals surface area contributed by atoms with Crippen LogP contribution in [0.25, 0.3) is 10.9 Å². The molecular weight excluding hydrogens is 658 g/mol. The van der Waals surface area contributed by atoms with E-state index in [1.807, 2.05) is 77.5 Å². The van der Waals surface area contributed by atoms with Gasteiger partial charge in [-0.2, -0.15) is 5.10 Å². The summed E-state index contributed by atoms with van der Waals surface area (Å²) in [4.78, 5) is 29.9. The van der Waals surface area contributed by atoms with Gasteiger partial charge >= 0.3 is 12.2 Å². The van der Waals surface area contributed by atoms with E-state index >= 15 is 0 Å². The molecule has 2 N–H and O–H groups in total. The number of carbonyl (C=O) groups is 2. The number of methoxy groups -OCH3 is 1. The van der Waals surface area contributed by atoms with Gasteiger partial charge in [0.1, 0.15) is 5.54 Å². The number of halogens is 1. The zero-order valence-corrected chi connectivity index (χ0v) is 28.0. The van der Waals surface area contributed by atoms with Crippen molar-refractivity contribution in [3.63, 3.8) is 0 Å². The summed E-state index contributed by atoms with van der Waals surface area (Å²) in [7, 11) is 1.66. The van der Waals surface area contributed by atoms with E-state index in [-0.39, 0.29) is 6.04 Å². The predicted octanol–water partition coefficient (Wildman–Crippen LogP) is 7.51. The van der Waals surface area contributed by atoms with Crippen LogP contribution in [0.3, 0.4) is 0 Å². The maximum atomic E-state index is 14.1. The van der Waals surface area contributed by atoms with Crippen LogP contribution < -0.4 is 10.6 Å². The molecular formula is C37H38BrN5O4. The van der Waals surface area contributed by atoms with Crippen LogP contribution in [0.5, 0.6) is 0 Å². The smallest absolute Gasteiger partial charge is 0.383 e.